The van der Waals surface area contributed by atoms with Crippen LogP contribution in [0.3, 0.4) is 0 Å². The molecule has 1 aromatic carbocycles. The van der Waals surface area contributed by atoms with Crippen LogP contribution in [0.2, 0.25) is 0 Å². The van der Waals surface area contributed by atoms with Crippen molar-refractivity contribution >= 4 is 5.69 Å². The van der Waals surface area contributed by atoms with Gasteiger partial charge in [0.2, 0.25) is 0 Å². The van der Waals surface area contributed by atoms with Crippen molar-refractivity contribution in [2.75, 3.05) is 25.1 Å². The number of hydrogen-bond acceptors (Lipinski definition) is 3. The lowest BCUT2D eigenvalue weighted by molar-refractivity contribution is 0.279. The van der Waals surface area contributed by atoms with Gasteiger partial charge in [-0.25, -0.2) is 4.39 Å². The topological polar surface area (TPSA) is 35.5 Å². The maximum atomic E-state index is 14.2. The first-order chi connectivity index (χ1) is 9.26. The molecular formula is C15H23FN2O. The second kappa shape index (κ2) is 6.87. The van der Waals surface area contributed by atoms with Gasteiger partial charge in [0, 0.05) is 25.7 Å². The molecule has 2 N–H and O–H groups in total. The summed E-state index contributed by atoms with van der Waals surface area (Å²) in [5.41, 5.74) is 1.68. The molecule has 0 bridgehead atoms. The zero-order valence-corrected chi connectivity index (χ0v) is 11.5. The fraction of sp³-hybridized carbons (Fsp3) is 0.600. The van der Waals surface area contributed by atoms with E-state index in [1.807, 2.05) is 19.2 Å². The smallest absolute Gasteiger partial charge is 0.146 e. The lowest BCUT2D eigenvalue weighted by Crippen LogP contribution is -2.30. The highest BCUT2D eigenvalue weighted by Crippen LogP contribution is 2.30. The zero-order valence-electron chi connectivity index (χ0n) is 11.5. The molecule has 2 rings (SSSR count). The van der Waals surface area contributed by atoms with Crippen molar-refractivity contribution in [3.05, 3.63) is 29.6 Å². The van der Waals surface area contributed by atoms with E-state index in [0.717, 1.165) is 37.8 Å². The van der Waals surface area contributed by atoms with Gasteiger partial charge in [-0.05, 0) is 50.4 Å². The first kappa shape index (κ1) is 14.3. The van der Waals surface area contributed by atoms with Gasteiger partial charge in [0.05, 0.1) is 5.69 Å². The Morgan fingerprint density at radius 3 is 3.00 bits per heavy atom. The zero-order chi connectivity index (χ0) is 13.7. The molecule has 1 aliphatic rings. The van der Waals surface area contributed by atoms with E-state index in [-0.39, 0.29) is 12.4 Å². The summed E-state index contributed by atoms with van der Waals surface area (Å²) in [4.78, 5) is 2.16. The Balaban J connectivity index is 2.11. The van der Waals surface area contributed by atoms with E-state index >= 15 is 0 Å². The predicted molar refractivity (Wildman–Crippen MR) is 75.9 cm³/mol. The Bertz CT molecular complexity index is 411. The van der Waals surface area contributed by atoms with Crippen LogP contribution in [-0.4, -0.2) is 31.3 Å². The number of hydrogen-bond donors (Lipinski definition) is 2. The van der Waals surface area contributed by atoms with Gasteiger partial charge in [0.1, 0.15) is 5.82 Å². The quantitative estimate of drug-likeness (QED) is 0.829. The monoisotopic (exact) mass is 266 g/mol. The van der Waals surface area contributed by atoms with Gasteiger partial charge >= 0.3 is 0 Å². The summed E-state index contributed by atoms with van der Waals surface area (Å²) in [7, 11) is 1.86. The lowest BCUT2D eigenvalue weighted by Gasteiger charge is -2.27. The molecule has 3 nitrogen and oxygen atoms in total. The van der Waals surface area contributed by atoms with Crippen LogP contribution in [0.1, 0.15) is 31.2 Å². The number of aliphatic hydroxyl groups excluding tert-OH is 1. The summed E-state index contributed by atoms with van der Waals surface area (Å²) < 4.78 is 14.2. The molecule has 1 unspecified atom stereocenters. The minimum Gasteiger partial charge on any atom is -0.396 e. The van der Waals surface area contributed by atoms with Gasteiger partial charge < -0.3 is 15.3 Å². The summed E-state index contributed by atoms with van der Waals surface area (Å²) >= 11 is 0. The van der Waals surface area contributed by atoms with Gasteiger partial charge in [-0.2, -0.15) is 0 Å². The molecule has 1 fully saturated rings. The normalized spacial score (nSPS) is 19.1. The number of nitrogens with zero attached hydrogens (tertiary/aromatic N) is 1. The molecule has 0 radical (unpaired) electrons. The molecule has 1 aliphatic heterocycles. The first-order valence-electron chi connectivity index (χ1n) is 7.06. The number of benzene rings is 1. The third-order valence-electron chi connectivity index (χ3n) is 3.78. The Labute approximate surface area is 114 Å². The molecule has 0 aliphatic carbocycles. The molecule has 1 aromatic rings. The molecular weight excluding hydrogens is 243 g/mol. The molecule has 4 heteroatoms. The largest absolute Gasteiger partial charge is 0.396 e. The summed E-state index contributed by atoms with van der Waals surface area (Å²) in [6, 6.07) is 5.86. The average Bonchev–Trinajstić information content (AvgIpc) is 2.85. The standard InChI is InChI=1S/C15H23FN2O/c1-17-11-12-6-7-15(14(16)10-12)18-8-2-4-13(18)5-3-9-19/h6-7,10,13,17,19H,2-5,8-9,11H2,1H3. The Kier molecular flexibility index (Phi) is 5.16. The van der Waals surface area contributed by atoms with Crippen molar-refractivity contribution in [2.24, 2.45) is 0 Å². The van der Waals surface area contributed by atoms with Crippen molar-refractivity contribution < 1.29 is 9.50 Å². The second-order valence-corrected chi connectivity index (χ2v) is 5.17. The highest BCUT2D eigenvalue weighted by molar-refractivity contribution is 5.51. The molecule has 1 atom stereocenters. The van der Waals surface area contributed by atoms with E-state index in [4.69, 9.17) is 5.11 Å². The second-order valence-electron chi connectivity index (χ2n) is 5.17. The van der Waals surface area contributed by atoms with Crippen molar-refractivity contribution in [1.82, 2.24) is 5.32 Å². The van der Waals surface area contributed by atoms with Gasteiger partial charge in [0.15, 0.2) is 0 Å². The van der Waals surface area contributed by atoms with E-state index in [2.05, 4.69) is 10.2 Å². The van der Waals surface area contributed by atoms with E-state index in [1.165, 1.54) is 0 Å². The van der Waals surface area contributed by atoms with E-state index in [9.17, 15) is 4.39 Å². The molecule has 0 saturated carbocycles. The number of halogens is 1. The van der Waals surface area contributed by atoms with Crippen molar-refractivity contribution in [2.45, 2.75) is 38.3 Å². The number of aliphatic hydroxyl groups is 1. The molecule has 0 spiro atoms. The molecule has 106 valence electrons. The maximum Gasteiger partial charge on any atom is 0.146 e. The Morgan fingerprint density at radius 1 is 1.47 bits per heavy atom. The Hall–Kier alpha value is -1.13. The fourth-order valence-corrected chi connectivity index (χ4v) is 2.88. The van der Waals surface area contributed by atoms with Gasteiger partial charge in [0.25, 0.3) is 0 Å². The first-order valence-corrected chi connectivity index (χ1v) is 7.06. The fourth-order valence-electron chi connectivity index (χ4n) is 2.88. The number of nitrogens with one attached hydrogen (secondary N) is 1. The molecule has 0 amide bonds. The summed E-state index contributed by atoms with van der Waals surface area (Å²) in [6.07, 6.45) is 3.93. The molecule has 1 saturated heterocycles. The number of rotatable bonds is 6. The van der Waals surface area contributed by atoms with Crippen LogP contribution < -0.4 is 10.2 Å². The van der Waals surface area contributed by atoms with E-state index < -0.39 is 0 Å². The van der Waals surface area contributed by atoms with Gasteiger partial charge in [-0.1, -0.05) is 6.07 Å². The van der Waals surface area contributed by atoms with Crippen LogP contribution in [0.4, 0.5) is 10.1 Å². The highest BCUT2D eigenvalue weighted by atomic mass is 19.1. The van der Waals surface area contributed by atoms with Crippen LogP contribution >= 0.6 is 0 Å². The molecule has 19 heavy (non-hydrogen) atoms. The third-order valence-corrected chi connectivity index (χ3v) is 3.78. The lowest BCUT2D eigenvalue weighted by atomic mass is 10.1. The van der Waals surface area contributed by atoms with Crippen LogP contribution in [0, 0.1) is 5.82 Å². The predicted octanol–water partition coefficient (Wildman–Crippen LogP) is 2.29. The minimum absolute atomic E-state index is 0.136. The summed E-state index contributed by atoms with van der Waals surface area (Å²) in [6.45, 7) is 1.82. The highest BCUT2D eigenvalue weighted by Gasteiger charge is 2.26. The van der Waals surface area contributed by atoms with E-state index in [1.54, 1.807) is 6.07 Å². The minimum atomic E-state index is -0.136. The summed E-state index contributed by atoms with van der Waals surface area (Å²) in [5.74, 6) is -0.136. The van der Waals surface area contributed by atoms with Crippen molar-refractivity contribution in [3.8, 4) is 0 Å². The Morgan fingerprint density at radius 2 is 2.32 bits per heavy atom. The van der Waals surface area contributed by atoms with Gasteiger partial charge in [-0.15, -0.1) is 0 Å². The van der Waals surface area contributed by atoms with Crippen LogP contribution in [-0.2, 0) is 6.54 Å². The molecule has 1 heterocycles. The number of anilines is 1. The van der Waals surface area contributed by atoms with Crippen molar-refractivity contribution in [3.63, 3.8) is 0 Å². The summed E-state index contributed by atoms with van der Waals surface area (Å²) in [5, 5.41) is 12.0. The molecule has 0 aromatic heterocycles. The third kappa shape index (κ3) is 3.45. The van der Waals surface area contributed by atoms with E-state index in [0.29, 0.717) is 18.3 Å². The average molecular weight is 266 g/mol. The van der Waals surface area contributed by atoms with Crippen LogP contribution in [0.5, 0.6) is 0 Å². The van der Waals surface area contributed by atoms with Crippen LogP contribution in [0.15, 0.2) is 18.2 Å². The SMILES string of the molecule is CNCc1ccc(N2CCCC2CCCO)c(F)c1. The van der Waals surface area contributed by atoms with Crippen LogP contribution in [0.25, 0.3) is 0 Å². The van der Waals surface area contributed by atoms with Gasteiger partial charge in [-0.3, -0.25) is 0 Å². The van der Waals surface area contributed by atoms with Crippen molar-refractivity contribution in [1.29, 1.82) is 0 Å². The maximum absolute atomic E-state index is 14.2.